The molecule has 0 atom stereocenters. The van der Waals surface area contributed by atoms with Crippen LogP contribution in [0.25, 0.3) is 6.08 Å². The molecule has 27 heavy (non-hydrogen) atoms. The van der Waals surface area contributed by atoms with Crippen molar-refractivity contribution in [2.45, 2.75) is 6.92 Å². The molecule has 1 N–H and O–H groups in total. The minimum Gasteiger partial charge on any atom is -0.492 e. The number of para-hydroxylation sites is 2. The van der Waals surface area contributed by atoms with Crippen molar-refractivity contribution in [3.63, 3.8) is 0 Å². The van der Waals surface area contributed by atoms with Gasteiger partial charge in [-0.1, -0.05) is 48.2 Å². The van der Waals surface area contributed by atoms with Crippen molar-refractivity contribution in [1.82, 2.24) is 4.90 Å². The lowest BCUT2D eigenvalue weighted by Crippen LogP contribution is -2.22. The minimum absolute atomic E-state index is 0.112. The van der Waals surface area contributed by atoms with Gasteiger partial charge in [0.05, 0.1) is 17.2 Å². The molecule has 138 valence electrons. The summed E-state index contributed by atoms with van der Waals surface area (Å²) in [5.74, 6) is 0.291. The van der Waals surface area contributed by atoms with E-state index in [2.05, 4.69) is 5.32 Å². The molecule has 0 aromatic heterocycles. The average Bonchev–Trinajstić information content (AvgIpc) is 2.91. The molecule has 2 aromatic carbocycles. The molecule has 0 aliphatic carbocycles. The highest BCUT2D eigenvalue weighted by Gasteiger charge is 2.28. The maximum absolute atomic E-state index is 12.5. The van der Waals surface area contributed by atoms with Crippen LogP contribution in [0.2, 0.25) is 0 Å². The van der Waals surface area contributed by atoms with Crippen LogP contribution in [0.3, 0.4) is 0 Å². The van der Waals surface area contributed by atoms with Crippen LogP contribution in [0, 0.1) is 0 Å². The predicted octanol–water partition coefficient (Wildman–Crippen LogP) is 4.17. The van der Waals surface area contributed by atoms with E-state index in [1.165, 1.54) is 16.7 Å². The number of hydrogen-bond acceptors (Lipinski definition) is 5. The highest BCUT2D eigenvalue weighted by Crippen LogP contribution is 2.31. The Labute approximate surface area is 167 Å². The number of amides is 2. The first-order valence-corrected chi connectivity index (χ1v) is 9.57. The van der Waals surface area contributed by atoms with E-state index in [0.29, 0.717) is 32.8 Å². The van der Waals surface area contributed by atoms with Gasteiger partial charge in [0.25, 0.3) is 11.8 Å². The summed E-state index contributed by atoms with van der Waals surface area (Å²) in [6.07, 6.45) is 1.77. The monoisotopic (exact) mass is 398 g/mol. The Morgan fingerprint density at radius 3 is 2.56 bits per heavy atom. The zero-order valence-corrected chi connectivity index (χ0v) is 16.5. The predicted molar refractivity (Wildman–Crippen MR) is 113 cm³/mol. The van der Waals surface area contributed by atoms with Crippen LogP contribution in [-0.2, 0) is 4.79 Å². The normalized spacial score (nSPS) is 15.3. The molecule has 2 aromatic rings. The number of hydrogen-bond donors (Lipinski definition) is 1. The first kappa shape index (κ1) is 19.1. The molecule has 0 bridgehead atoms. The third-order valence-electron chi connectivity index (χ3n) is 3.89. The smallest absolute Gasteiger partial charge is 0.265 e. The van der Waals surface area contributed by atoms with Gasteiger partial charge in [-0.15, -0.1) is 0 Å². The largest absolute Gasteiger partial charge is 0.492 e. The number of thioether (sulfide) groups is 1. The molecule has 0 saturated carbocycles. The van der Waals surface area contributed by atoms with E-state index in [9.17, 15) is 9.59 Å². The maximum atomic E-state index is 12.5. The van der Waals surface area contributed by atoms with Crippen LogP contribution in [0.4, 0.5) is 5.69 Å². The fourth-order valence-electron chi connectivity index (χ4n) is 2.47. The summed E-state index contributed by atoms with van der Waals surface area (Å²) in [5.41, 5.74) is 1.97. The Bertz CT molecular complexity index is 923. The lowest BCUT2D eigenvalue weighted by atomic mass is 10.1. The minimum atomic E-state index is -0.228. The molecule has 2 amide bonds. The third kappa shape index (κ3) is 4.37. The Morgan fingerprint density at radius 1 is 1.22 bits per heavy atom. The second-order valence-electron chi connectivity index (χ2n) is 5.75. The Balaban J connectivity index is 1.73. The lowest BCUT2D eigenvalue weighted by Gasteiger charge is -2.11. The molecule has 1 aliphatic rings. The molecule has 7 heteroatoms. The second kappa shape index (κ2) is 8.37. The van der Waals surface area contributed by atoms with Crippen molar-refractivity contribution in [3.8, 4) is 5.75 Å². The number of likely N-dealkylation sites (N-methyl/N-ethyl adjacent to an activating group) is 1. The van der Waals surface area contributed by atoms with Crippen LogP contribution < -0.4 is 10.1 Å². The summed E-state index contributed by atoms with van der Waals surface area (Å²) in [6.45, 7) is 2.41. The van der Waals surface area contributed by atoms with Gasteiger partial charge in [-0.2, -0.15) is 0 Å². The zero-order valence-electron chi connectivity index (χ0n) is 14.9. The van der Waals surface area contributed by atoms with Crippen molar-refractivity contribution in [2.75, 3.05) is 19.0 Å². The second-order valence-corrected chi connectivity index (χ2v) is 7.42. The van der Waals surface area contributed by atoms with Crippen LogP contribution >= 0.6 is 24.0 Å². The van der Waals surface area contributed by atoms with E-state index in [1.807, 2.05) is 25.1 Å². The number of nitrogens with one attached hydrogen (secondary N) is 1. The molecule has 1 fully saturated rings. The number of anilines is 1. The van der Waals surface area contributed by atoms with Gasteiger partial charge in [0.1, 0.15) is 10.1 Å². The van der Waals surface area contributed by atoms with Gasteiger partial charge < -0.3 is 10.1 Å². The molecule has 1 aliphatic heterocycles. The van der Waals surface area contributed by atoms with Crippen LogP contribution in [-0.4, -0.2) is 34.7 Å². The van der Waals surface area contributed by atoms with E-state index in [0.717, 1.165) is 5.56 Å². The molecule has 0 radical (unpaired) electrons. The van der Waals surface area contributed by atoms with Gasteiger partial charge in [0.15, 0.2) is 0 Å². The van der Waals surface area contributed by atoms with Crippen LogP contribution in [0.5, 0.6) is 5.75 Å². The van der Waals surface area contributed by atoms with Crippen LogP contribution in [0.1, 0.15) is 22.8 Å². The standard InChI is InChI=1S/C20H18N2O3S2/c1-3-25-16-7-5-4-6-15(16)21-18(23)14-10-8-13(9-11-14)12-17-19(24)22(2)20(26)27-17/h4-12H,3H2,1-2H3,(H,21,23)/b17-12+. The first-order valence-electron chi connectivity index (χ1n) is 8.34. The zero-order chi connectivity index (χ0) is 19.4. The third-order valence-corrected chi connectivity index (χ3v) is 5.38. The van der Waals surface area contributed by atoms with Crippen molar-refractivity contribution in [1.29, 1.82) is 0 Å². The van der Waals surface area contributed by atoms with Crippen molar-refractivity contribution < 1.29 is 14.3 Å². The summed E-state index contributed by atoms with van der Waals surface area (Å²) in [4.78, 5) is 26.6. The molecular weight excluding hydrogens is 380 g/mol. The van der Waals surface area contributed by atoms with E-state index < -0.39 is 0 Å². The Hall–Kier alpha value is -2.64. The number of ether oxygens (including phenoxy) is 1. The number of nitrogens with zero attached hydrogens (tertiary/aromatic N) is 1. The average molecular weight is 399 g/mol. The van der Waals surface area contributed by atoms with Gasteiger partial charge in [-0.3, -0.25) is 14.5 Å². The van der Waals surface area contributed by atoms with Gasteiger partial charge in [-0.05, 0) is 42.8 Å². The number of benzene rings is 2. The quantitative estimate of drug-likeness (QED) is 0.605. The van der Waals surface area contributed by atoms with Gasteiger partial charge in [0, 0.05) is 12.6 Å². The van der Waals surface area contributed by atoms with Gasteiger partial charge in [0.2, 0.25) is 0 Å². The van der Waals surface area contributed by atoms with Crippen LogP contribution in [0.15, 0.2) is 53.4 Å². The maximum Gasteiger partial charge on any atom is 0.265 e. The number of carbonyl (C=O) groups excluding carboxylic acids is 2. The molecule has 0 unspecified atom stereocenters. The fraction of sp³-hybridized carbons (Fsp3) is 0.150. The summed E-state index contributed by atoms with van der Waals surface area (Å²) in [5, 5.41) is 2.86. The molecule has 0 spiro atoms. The van der Waals surface area contributed by atoms with Crippen molar-refractivity contribution in [2.24, 2.45) is 0 Å². The van der Waals surface area contributed by atoms with E-state index >= 15 is 0 Å². The van der Waals surface area contributed by atoms with E-state index in [1.54, 1.807) is 43.5 Å². The topological polar surface area (TPSA) is 58.6 Å². The molecule has 5 nitrogen and oxygen atoms in total. The molecule has 1 heterocycles. The van der Waals surface area contributed by atoms with Crippen molar-refractivity contribution >= 4 is 51.9 Å². The summed E-state index contributed by atoms with van der Waals surface area (Å²) in [7, 11) is 1.66. The Morgan fingerprint density at radius 2 is 1.93 bits per heavy atom. The van der Waals surface area contributed by atoms with Gasteiger partial charge in [-0.25, -0.2) is 0 Å². The number of thiocarbonyl (C=S) groups is 1. The number of rotatable bonds is 5. The van der Waals surface area contributed by atoms with E-state index in [4.69, 9.17) is 17.0 Å². The molecular formula is C20H18N2O3S2. The molecule has 3 rings (SSSR count). The molecule has 1 saturated heterocycles. The summed E-state index contributed by atoms with van der Waals surface area (Å²) in [6, 6.07) is 14.3. The summed E-state index contributed by atoms with van der Waals surface area (Å²) >= 11 is 6.39. The van der Waals surface area contributed by atoms with Gasteiger partial charge >= 0.3 is 0 Å². The SMILES string of the molecule is CCOc1ccccc1NC(=O)c1ccc(/C=C2/SC(=S)N(C)C2=O)cc1. The highest BCUT2D eigenvalue weighted by molar-refractivity contribution is 8.26. The summed E-state index contributed by atoms with van der Waals surface area (Å²) < 4.78 is 6.06. The fourth-order valence-corrected chi connectivity index (χ4v) is 3.65. The van der Waals surface area contributed by atoms with Crippen molar-refractivity contribution in [3.05, 3.63) is 64.6 Å². The Kier molecular flexibility index (Phi) is 5.93. The first-order chi connectivity index (χ1) is 13.0. The lowest BCUT2D eigenvalue weighted by molar-refractivity contribution is -0.121. The highest BCUT2D eigenvalue weighted by atomic mass is 32.2. The van der Waals surface area contributed by atoms with E-state index in [-0.39, 0.29) is 11.8 Å². The number of carbonyl (C=O) groups is 2.